The van der Waals surface area contributed by atoms with Crippen LogP contribution in [0.1, 0.15) is 45.6 Å². The first-order chi connectivity index (χ1) is 9.60. The van der Waals surface area contributed by atoms with Crippen molar-refractivity contribution in [2.24, 2.45) is 11.8 Å². The van der Waals surface area contributed by atoms with Gasteiger partial charge in [-0.1, -0.05) is 38.4 Å². The molecule has 1 N–H and O–H groups in total. The van der Waals surface area contributed by atoms with E-state index in [1.165, 1.54) is 6.42 Å². The van der Waals surface area contributed by atoms with Gasteiger partial charge in [0.05, 0.1) is 6.10 Å². The molecule has 1 saturated carbocycles. The summed E-state index contributed by atoms with van der Waals surface area (Å²) in [5.41, 5.74) is 1.09. The molecule has 0 aromatic heterocycles. The van der Waals surface area contributed by atoms with Crippen LogP contribution in [-0.4, -0.2) is 12.6 Å². The summed E-state index contributed by atoms with van der Waals surface area (Å²) in [7, 11) is 0. The molecule has 112 valence electrons. The Morgan fingerprint density at radius 1 is 1.20 bits per heavy atom. The zero-order chi connectivity index (χ0) is 14.5. The molecule has 0 saturated heterocycles. The number of ether oxygens (including phenoxy) is 1. The first kappa shape index (κ1) is 15.7. The SMILES string of the molecule is CCNCc1c(Cl)cccc1OC1CC(C)CC(C)C1. The van der Waals surface area contributed by atoms with E-state index in [1.54, 1.807) is 0 Å². The molecule has 0 amide bonds. The van der Waals surface area contributed by atoms with Gasteiger partial charge in [0.25, 0.3) is 0 Å². The highest BCUT2D eigenvalue weighted by atomic mass is 35.5. The molecule has 1 aromatic carbocycles. The molecular weight excluding hydrogens is 270 g/mol. The van der Waals surface area contributed by atoms with Crippen molar-refractivity contribution in [2.45, 2.75) is 52.7 Å². The van der Waals surface area contributed by atoms with E-state index >= 15 is 0 Å². The fraction of sp³-hybridized carbons (Fsp3) is 0.647. The smallest absolute Gasteiger partial charge is 0.125 e. The molecule has 0 bridgehead atoms. The third-order valence-electron chi connectivity index (χ3n) is 4.06. The highest BCUT2D eigenvalue weighted by Gasteiger charge is 2.26. The maximum absolute atomic E-state index is 6.32. The molecule has 2 nitrogen and oxygen atoms in total. The predicted molar refractivity (Wildman–Crippen MR) is 85.4 cm³/mol. The first-order valence-corrected chi connectivity index (χ1v) is 8.12. The van der Waals surface area contributed by atoms with Gasteiger partial charge in [-0.05, 0) is 49.8 Å². The Morgan fingerprint density at radius 2 is 1.90 bits per heavy atom. The fourth-order valence-electron chi connectivity index (χ4n) is 3.22. The van der Waals surface area contributed by atoms with Crippen LogP contribution in [0.2, 0.25) is 5.02 Å². The third-order valence-corrected chi connectivity index (χ3v) is 4.41. The molecule has 1 aliphatic carbocycles. The summed E-state index contributed by atoms with van der Waals surface area (Å²) in [6, 6.07) is 5.96. The van der Waals surface area contributed by atoms with Gasteiger partial charge in [0.15, 0.2) is 0 Å². The van der Waals surface area contributed by atoms with Crippen molar-refractivity contribution in [3.63, 3.8) is 0 Å². The molecular formula is C17H26ClNO. The average Bonchev–Trinajstić information content (AvgIpc) is 2.37. The molecule has 1 aromatic rings. The summed E-state index contributed by atoms with van der Waals surface area (Å²) < 4.78 is 6.28. The first-order valence-electron chi connectivity index (χ1n) is 7.74. The van der Waals surface area contributed by atoms with Gasteiger partial charge in [0.2, 0.25) is 0 Å². The van der Waals surface area contributed by atoms with Crippen LogP contribution in [0.25, 0.3) is 0 Å². The Labute approximate surface area is 127 Å². The van der Waals surface area contributed by atoms with E-state index in [1.807, 2.05) is 18.2 Å². The van der Waals surface area contributed by atoms with Crippen LogP contribution in [0.5, 0.6) is 5.75 Å². The van der Waals surface area contributed by atoms with Crippen LogP contribution in [0.4, 0.5) is 0 Å². The maximum atomic E-state index is 6.32. The van der Waals surface area contributed by atoms with Crippen molar-refractivity contribution in [3.05, 3.63) is 28.8 Å². The average molecular weight is 296 g/mol. The van der Waals surface area contributed by atoms with Crippen LogP contribution in [0, 0.1) is 11.8 Å². The molecule has 1 aliphatic rings. The second-order valence-electron chi connectivity index (χ2n) is 6.15. The molecule has 1 fully saturated rings. The van der Waals surface area contributed by atoms with E-state index < -0.39 is 0 Å². The van der Waals surface area contributed by atoms with Crippen molar-refractivity contribution in [3.8, 4) is 5.75 Å². The van der Waals surface area contributed by atoms with Gasteiger partial charge in [-0.15, -0.1) is 0 Å². The molecule has 0 radical (unpaired) electrons. The van der Waals surface area contributed by atoms with Gasteiger partial charge in [-0.3, -0.25) is 0 Å². The van der Waals surface area contributed by atoms with E-state index in [2.05, 4.69) is 26.1 Å². The minimum absolute atomic E-state index is 0.326. The van der Waals surface area contributed by atoms with Crippen LogP contribution in [0.15, 0.2) is 18.2 Å². The predicted octanol–water partition coefficient (Wildman–Crippen LogP) is 4.65. The zero-order valence-electron chi connectivity index (χ0n) is 12.8. The molecule has 20 heavy (non-hydrogen) atoms. The molecule has 2 rings (SSSR count). The monoisotopic (exact) mass is 295 g/mol. The van der Waals surface area contributed by atoms with E-state index in [0.29, 0.717) is 6.10 Å². The summed E-state index contributed by atoms with van der Waals surface area (Å²) in [5, 5.41) is 4.13. The van der Waals surface area contributed by atoms with E-state index in [4.69, 9.17) is 16.3 Å². The summed E-state index contributed by atoms with van der Waals surface area (Å²) in [5.74, 6) is 2.45. The number of benzene rings is 1. The van der Waals surface area contributed by atoms with Crippen molar-refractivity contribution in [2.75, 3.05) is 6.54 Å². The lowest BCUT2D eigenvalue weighted by Gasteiger charge is -2.32. The lowest BCUT2D eigenvalue weighted by molar-refractivity contribution is 0.1000. The molecule has 0 heterocycles. The number of hydrogen-bond donors (Lipinski definition) is 1. The molecule has 0 aliphatic heterocycles. The van der Waals surface area contributed by atoms with Crippen molar-refractivity contribution in [1.29, 1.82) is 0 Å². The molecule has 2 atom stereocenters. The Balaban J connectivity index is 2.09. The summed E-state index contributed by atoms with van der Waals surface area (Å²) >= 11 is 6.32. The largest absolute Gasteiger partial charge is 0.490 e. The van der Waals surface area contributed by atoms with E-state index in [-0.39, 0.29) is 0 Å². The number of hydrogen-bond acceptors (Lipinski definition) is 2. The Morgan fingerprint density at radius 3 is 2.55 bits per heavy atom. The number of nitrogens with one attached hydrogen (secondary N) is 1. The van der Waals surface area contributed by atoms with Crippen LogP contribution < -0.4 is 10.1 Å². The second kappa shape index (κ2) is 7.33. The Kier molecular flexibility index (Phi) is 5.74. The normalized spacial score (nSPS) is 26.5. The van der Waals surface area contributed by atoms with E-state index in [0.717, 1.165) is 54.1 Å². The topological polar surface area (TPSA) is 21.3 Å². The van der Waals surface area contributed by atoms with Crippen molar-refractivity contribution in [1.82, 2.24) is 5.32 Å². The van der Waals surface area contributed by atoms with Gasteiger partial charge >= 0.3 is 0 Å². The maximum Gasteiger partial charge on any atom is 0.125 e. The summed E-state index contributed by atoms with van der Waals surface area (Å²) in [4.78, 5) is 0. The van der Waals surface area contributed by atoms with Gasteiger partial charge in [0, 0.05) is 17.1 Å². The second-order valence-corrected chi connectivity index (χ2v) is 6.56. The Bertz CT molecular complexity index is 425. The van der Waals surface area contributed by atoms with Crippen LogP contribution in [0.3, 0.4) is 0 Å². The van der Waals surface area contributed by atoms with Gasteiger partial charge in [-0.2, -0.15) is 0 Å². The van der Waals surface area contributed by atoms with Gasteiger partial charge in [-0.25, -0.2) is 0 Å². The summed E-state index contributed by atoms with van der Waals surface area (Å²) in [6.07, 6.45) is 3.95. The number of rotatable bonds is 5. The van der Waals surface area contributed by atoms with Crippen molar-refractivity contribution < 1.29 is 4.74 Å². The zero-order valence-corrected chi connectivity index (χ0v) is 13.5. The highest BCUT2D eigenvalue weighted by Crippen LogP contribution is 2.34. The fourth-order valence-corrected chi connectivity index (χ4v) is 3.45. The van der Waals surface area contributed by atoms with Gasteiger partial charge < -0.3 is 10.1 Å². The quantitative estimate of drug-likeness (QED) is 0.853. The van der Waals surface area contributed by atoms with Crippen molar-refractivity contribution >= 4 is 11.6 Å². The molecule has 2 unspecified atom stereocenters. The van der Waals surface area contributed by atoms with Crippen LogP contribution >= 0.6 is 11.6 Å². The summed E-state index contributed by atoms with van der Waals surface area (Å²) in [6.45, 7) is 8.44. The minimum Gasteiger partial charge on any atom is -0.490 e. The third kappa shape index (κ3) is 4.13. The molecule has 0 spiro atoms. The van der Waals surface area contributed by atoms with E-state index in [9.17, 15) is 0 Å². The lowest BCUT2D eigenvalue weighted by atomic mass is 9.82. The minimum atomic E-state index is 0.326. The Hall–Kier alpha value is -0.730. The standard InChI is InChI=1S/C17H26ClNO/c1-4-19-11-15-16(18)6-5-7-17(15)20-14-9-12(2)8-13(3)10-14/h5-7,12-14,19H,4,8-11H2,1-3H3. The molecule has 3 heteroatoms. The highest BCUT2D eigenvalue weighted by molar-refractivity contribution is 6.31. The van der Waals surface area contributed by atoms with Gasteiger partial charge in [0.1, 0.15) is 5.75 Å². The van der Waals surface area contributed by atoms with Crippen LogP contribution in [-0.2, 0) is 6.54 Å². The number of halogens is 1. The lowest BCUT2D eigenvalue weighted by Crippen LogP contribution is -2.29.